The van der Waals surface area contributed by atoms with Gasteiger partial charge in [-0.15, -0.1) is 0 Å². The Labute approximate surface area is 190 Å². The predicted molar refractivity (Wildman–Crippen MR) is 127 cm³/mol. The monoisotopic (exact) mass is 478 g/mol. The van der Waals surface area contributed by atoms with Crippen LogP contribution in [0.15, 0.2) is 69.6 Å². The first-order valence-corrected chi connectivity index (χ1v) is 11.0. The van der Waals surface area contributed by atoms with Crippen molar-refractivity contribution in [3.8, 4) is 22.6 Å². The molecule has 0 atom stereocenters. The van der Waals surface area contributed by atoms with Gasteiger partial charge in [-0.25, -0.2) is 4.99 Å². The number of nitrogens with one attached hydrogen (secondary N) is 1. The summed E-state index contributed by atoms with van der Waals surface area (Å²) in [4.78, 5) is 3.59. The Bertz CT molecular complexity index is 1290. The fourth-order valence-corrected chi connectivity index (χ4v) is 4.06. The second-order valence-electron chi connectivity index (χ2n) is 7.28. The van der Waals surface area contributed by atoms with E-state index in [9.17, 15) is 0 Å². The van der Waals surface area contributed by atoms with Gasteiger partial charge in [0.25, 0.3) is 0 Å². The molecule has 0 unspecified atom stereocenters. The van der Waals surface area contributed by atoms with Crippen LogP contribution in [0.25, 0.3) is 21.9 Å². The Morgan fingerprint density at radius 1 is 0.871 bits per heavy atom. The molecule has 0 aliphatic heterocycles. The largest absolute Gasteiger partial charge is 0.497 e. The van der Waals surface area contributed by atoms with E-state index in [-0.39, 0.29) is 0 Å². The number of rotatable bonds is 5. The zero-order valence-electron chi connectivity index (χ0n) is 18.1. The summed E-state index contributed by atoms with van der Waals surface area (Å²) in [6.07, 6.45) is 0. The van der Waals surface area contributed by atoms with Gasteiger partial charge < -0.3 is 13.9 Å². The quantitative estimate of drug-likeness (QED) is 0.428. The highest BCUT2D eigenvalue weighted by atomic mass is 79.9. The van der Waals surface area contributed by atoms with Crippen LogP contribution in [0.3, 0.4) is 0 Å². The van der Waals surface area contributed by atoms with E-state index in [0.717, 1.165) is 60.4 Å². The summed E-state index contributed by atoms with van der Waals surface area (Å²) in [6.45, 7) is 6.54. The standard InChI is InChI=1S/C26H24BrNO3/c1-5-30-24-15-19(18-6-12-22(29-4)13-7-18)14-23(25-16(2)31-17(3)26(24)25)28-21-10-8-20(27)9-11-21/h6-15H,5H2,1-4H3/p+1. The molecule has 158 valence electrons. The molecule has 0 aliphatic rings. The van der Waals surface area contributed by atoms with Crippen LogP contribution in [0.5, 0.6) is 11.5 Å². The summed E-state index contributed by atoms with van der Waals surface area (Å²) in [5, 5.41) is 2.96. The van der Waals surface area contributed by atoms with Crippen LogP contribution in [-0.2, 0) is 0 Å². The topological polar surface area (TPSA) is 45.6 Å². The fraction of sp³-hybridized carbons (Fsp3) is 0.192. The third-order valence-corrected chi connectivity index (χ3v) is 5.74. The molecule has 1 aromatic heterocycles. The first kappa shape index (κ1) is 21.2. The third-order valence-electron chi connectivity index (χ3n) is 5.21. The number of hydrogen-bond donors (Lipinski definition) is 1. The van der Waals surface area contributed by atoms with E-state index < -0.39 is 0 Å². The van der Waals surface area contributed by atoms with Crippen LogP contribution >= 0.6 is 15.9 Å². The molecule has 1 N–H and O–H groups in total. The number of aryl methyl sites for hydroxylation is 2. The van der Waals surface area contributed by atoms with Crippen molar-refractivity contribution in [1.82, 2.24) is 0 Å². The molecule has 0 spiro atoms. The Hall–Kier alpha value is -3.05. The Balaban J connectivity index is 2.08. The van der Waals surface area contributed by atoms with E-state index in [1.54, 1.807) is 7.11 Å². The average molecular weight is 479 g/mol. The maximum Gasteiger partial charge on any atom is 0.216 e. The van der Waals surface area contributed by atoms with Gasteiger partial charge in [-0.05, 0) is 62.2 Å². The second kappa shape index (κ2) is 8.98. The molecular formula is C26H25BrNO3+. The van der Waals surface area contributed by atoms with E-state index in [0.29, 0.717) is 6.61 Å². The van der Waals surface area contributed by atoms with Gasteiger partial charge in [-0.3, -0.25) is 0 Å². The third kappa shape index (κ3) is 4.37. The number of halogens is 1. The lowest BCUT2D eigenvalue weighted by Gasteiger charge is -2.05. The predicted octanol–water partition coefficient (Wildman–Crippen LogP) is 5.20. The molecule has 0 fully saturated rings. The summed E-state index contributed by atoms with van der Waals surface area (Å²) in [7, 11) is 1.67. The van der Waals surface area contributed by atoms with Crippen LogP contribution in [-0.4, -0.2) is 13.7 Å². The first-order chi connectivity index (χ1) is 15.0. The van der Waals surface area contributed by atoms with E-state index in [1.165, 1.54) is 0 Å². The van der Waals surface area contributed by atoms with Crippen molar-refractivity contribution in [1.29, 1.82) is 0 Å². The van der Waals surface area contributed by atoms with Crippen LogP contribution in [0.2, 0.25) is 0 Å². The van der Waals surface area contributed by atoms with Gasteiger partial charge in [0.1, 0.15) is 23.0 Å². The minimum absolute atomic E-state index is 0.570. The smallest absolute Gasteiger partial charge is 0.216 e. The zero-order valence-corrected chi connectivity index (χ0v) is 19.7. The Morgan fingerprint density at radius 3 is 2.19 bits per heavy atom. The number of ether oxygens (including phenoxy) is 2. The van der Waals surface area contributed by atoms with E-state index in [2.05, 4.69) is 45.2 Å². The van der Waals surface area contributed by atoms with Gasteiger partial charge in [0.2, 0.25) is 11.0 Å². The van der Waals surface area contributed by atoms with Gasteiger partial charge in [0.05, 0.1) is 24.5 Å². The normalized spacial score (nSPS) is 11.7. The van der Waals surface area contributed by atoms with E-state index >= 15 is 0 Å². The molecule has 0 saturated carbocycles. The number of furan rings is 1. The molecule has 31 heavy (non-hydrogen) atoms. The molecule has 4 nitrogen and oxygen atoms in total. The minimum Gasteiger partial charge on any atom is -0.497 e. The molecule has 0 bridgehead atoms. The fourth-order valence-electron chi connectivity index (χ4n) is 3.79. The molecule has 4 aromatic rings. The highest BCUT2D eigenvalue weighted by Crippen LogP contribution is 2.33. The molecule has 4 rings (SSSR count). The van der Waals surface area contributed by atoms with Crippen molar-refractivity contribution in [2.24, 2.45) is 0 Å². The molecule has 0 aliphatic carbocycles. The molecule has 3 aromatic carbocycles. The first-order valence-electron chi connectivity index (χ1n) is 10.2. The van der Waals surface area contributed by atoms with Crippen molar-refractivity contribution in [2.75, 3.05) is 13.7 Å². The lowest BCUT2D eigenvalue weighted by Crippen LogP contribution is -2.70. The molecule has 0 amide bonds. The molecular weight excluding hydrogens is 454 g/mol. The number of methoxy groups -OCH3 is 1. The van der Waals surface area contributed by atoms with Gasteiger partial charge in [0.15, 0.2) is 0 Å². The van der Waals surface area contributed by atoms with Gasteiger partial charge in [-0.2, -0.15) is 0 Å². The summed E-state index contributed by atoms with van der Waals surface area (Å²) < 4.78 is 18.5. The summed E-state index contributed by atoms with van der Waals surface area (Å²) in [5.41, 5.74) is 3.11. The number of fused-ring (bicyclic) bond motifs is 1. The van der Waals surface area contributed by atoms with Crippen LogP contribution in [0, 0.1) is 13.8 Å². The molecule has 0 radical (unpaired) electrons. The lowest BCUT2D eigenvalue weighted by molar-refractivity contribution is -0.400. The summed E-state index contributed by atoms with van der Waals surface area (Å²) in [6, 6.07) is 20.4. The number of benzene rings is 2. The van der Waals surface area contributed by atoms with Crippen molar-refractivity contribution in [2.45, 2.75) is 20.8 Å². The zero-order chi connectivity index (χ0) is 22.0. The van der Waals surface area contributed by atoms with E-state index in [1.807, 2.05) is 57.2 Å². The van der Waals surface area contributed by atoms with Crippen LogP contribution in [0.4, 0.5) is 5.69 Å². The van der Waals surface area contributed by atoms with Crippen molar-refractivity contribution in [3.63, 3.8) is 0 Å². The molecule has 5 heteroatoms. The average Bonchev–Trinajstić information content (AvgIpc) is 2.97. The highest BCUT2D eigenvalue weighted by Gasteiger charge is 2.18. The molecule has 1 heterocycles. The van der Waals surface area contributed by atoms with Crippen molar-refractivity contribution in [3.05, 3.63) is 82.0 Å². The highest BCUT2D eigenvalue weighted by molar-refractivity contribution is 9.10. The van der Waals surface area contributed by atoms with Crippen molar-refractivity contribution < 1.29 is 18.9 Å². The molecule has 0 saturated heterocycles. The summed E-state index contributed by atoms with van der Waals surface area (Å²) in [5.74, 6) is 3.32. The van der Waals surface area contributed by atoms with Crippen LogP contribution < -0.4 is 19.8 Å². The van der Waals surface area contributed by atoms with Crippen molar-refractivity contribution >= 4 is 32.4 Å². The lowest BCUT2D eigenvalue weighted by atomic mass is 10.1. The van der Waals surface area contributed by atoms with E-state index in [4.69, 9.17) is 13.9 Å². The van der Waals surface area contributed by atoms with Crippen LogP contribution in [0.1, 0.15) is 18.4 Å². The van der Waals surface area contributed by atoms with Gasteiger partial charge in [0, 0.05) is 22.7 Å². The second-order valence-corrected chi connectivity index (χ2v) is 8.20. The maximum atomic E-state index is 6.08. The maximum absolute atomic E-state index is 6.08. The minimum atomic E-state index is 0.570. The SMILES string of the molecule is CCOc1cc(-c2ccc(OC)cc2)cc(=[NH+]c2ccc(Br)cc2)c2c(C)oc(C)c12. The Kier molecular flexibility index (Phi) is 6.14. The summed E-state index contributed by atoms with van der Waals surface area (Å²) >= 11 is 3.50. The number of hydrogen-bond acceptors (Lipinski definition) is 3. The van der Waals surface area contributed by atoms with Gasteiger partial charge in [-0.1, -0.05) is 28.1 Å². The van der Waals surface area contributed by atoms with Gasteiger partial charge >= 0.3 is 0 Å². The Morgan fingerprint density at radius 2 is 1.55 bits per heavy atom.